The summed E-state index contributed by atoms with van der Waals surface area (Å²) >= 11 is 0. The molecular formula is C16H30N2O. The normalized spacial score (nSPS) is 24.1. The maximum Gasteiger partial charge on any atom is 0.239 e. The molecule has 0 spiro atoms. The first-order chi connectivity index (χ1) is 9.24. The van der Waals surface area contributed by atoms with Crippen LogP contribution in [0.4, 0.5) is 0 Å². The Labute approximate surface area is 117 Å². The highest BCUT2D eigenvalue weighted by atomic mass is 16.2. The molecule has 2 aliphatic rings. The second-order valence-electron chi connectivity index (χ2n) is 6.34. The number of amides is 1. The van der Waals surface area contributed by atoms with Crippen LogP contribution in [-0.2, 0) is 4.79 Å². The Balaban J connectivity index is 2.08. The number of rotatable bonds is 4. The Hall–Kier alpha value is -0.570. The Morgan fingerprint density at radius 3 is 1.79 bits per heavy atom. The van der Waals surface area contributed by atoms with Crippen molar-refractivity contribution in [1.82, 2.24) is 4.90 Å². The van der Waals surface area contributed by atoms with Gasteiger partial charge in [0.1, 0.15) is 0 Å². The van der Waals surface area contributed by atoms with Crippen molar-refractivity contribution in [3.05, 3.63) is 0 Å². The zero-order valence-electron chi connectivity index (χ0n) is 12.4. The lowest BCUT2D eigenvalue weighted by atomic mass is 9.88. The average Bonchev–Trinajstić information content (AvgIpc) is 2.49. The van der Waals surface area contributed by atoms with Crippen LogP contribution in [0.5, 0.6) is 0 Å². The lowest BCUT2D eigenvalue weighted by Gasteiger charge is -2.42. The molecule has 0 heterocycles. The third-order valence-corrected chi connectivity index (χ3v) is 4.95. The Bertz CT molecular complexity index is 262. The molecule has 0 aromatic rings. The lowest BCUT2D eigenvalue weighted by Crippen LogP contribution is -2.54. The Kier molecular flexibility index (Phi) is 5.68. The summed E-state index contributed by atoms with van der Waals surface area (Å²) in [6.45, 7) is 2.02. The summed E-state index contributed by atoms with van der Waals surface area (Å²) < 4.78 is 0. The van der Waals surface area contributed by atoms with Crippen LogP contribution in [0.1, 0.15) is 77.6 Å². The van der Waals surface area contributed by atoms with Crippen molar-refractivity contribution >= 4 is 5.91 Å². The molecular weight excluding hydrogens is 236 g/mol. The first kappa shape index (κ1) is 14.8. The van der Waals surface area contributed by atoms with E-state index in [2.05, 4.69) is 4.90 Å². The number of carbonyl (C=O) groups is 1. The van der Waals surface area contributed by atoms with Gasteiger partial charge in [0.2, 0.25) is 5.91 Å². The fraction of sp³-hybridized carbons (Fsp3) is 0.938. The van der Waals surface area contributed by atoms with Crippen LogP contribution in [-0.4, -0.2) is 28.9 Å². The number of hydrogen-bond acceptors (Lipinski definition) is 2. The van der Waals surface area contributed by atoms with Crippen LogP contribution < -0.4 is 5.73 Å². The zero-order chi connectivity index (χ0) is 13.7. The molecule has 0 aliphatic heterocycles. The maximum absolute atomic E-state index is 12.7. The van der Waals surface area contributed by atoms with Crippen molar-refractivity contribution in [3.63, 3.8) is 0 Å². The van der Waals surface area contributed by atoms with Crippen LogP contribution in [0.3, 0.4) is 0 Å². The molecule has 2 aliphatic carbocycles. The van der Waals surface area contributed by atoms with Gasteiger partial charge in [-0.2, -0.15) is 0 Å². The second-order valence-corrected chi connectivity index (χ2v) is 6.34. The van der Waals surface area contributed by atoms with E-state index in [1.165, 1.54) is 64.2 Å². The van der Waals surface area contributed by atoms with Crippen LogP contribution in [0.25, 0.3) is 0 Å². The molecule has 0 radical (unpaired) electrons. The summed E-state index contributed by atoms with van der Waals surface area (Å²) in [5.41, 5.74) is 6.04. The zero-order valence-corrected chi connectivity index (χ0v) is 12.4. The van der Waals surface area contributed by atoms with E-state index in [4.69, 9.17) is 5.73 Å². The molecule has 0 saturated heterocycles. The molecule has 2 saturated carbocycles. The molecule has 2 N–H and O–H groups in total. The summed E-state index contributed by atoms with van der Waals surface area (Å²) in [5, 5.41) is 0. The van der Waals surface area contributed by atoms with Gasteiger partial charge < -0.3 is 10.6 Å². The van der Waals surface area contributed by atoms with Crippen LogP contribution in [0.15, 0.2) is 0 Å². The fourth-order valence-electron chi connectivity index (χ4n) is 3.74. The summed E-state index contributed by atoms with van der Waals surface area (Å²) in [5.74, 6) is 0.223. The van der Waals surface area contributed by atoms with Gasteiger partial charge in [-0.15, -0.1) is 0 Å². The molecule has 2 rings (SSSR count). The highest BCUT2D eigenvalue weighted by Gasteiger charge is 2.34. The van der Waals surface area contributed by atoms with E-state index in [9.17, 15) is 4.79 Å². The van der Waals surface area contributed by atoms with Crippen molar-refractivity contribution < 1.29 is 4.79 Å². The molecule has 0 unspecified atom stereocenters. The predicted octanol–water partition coefficient (Wildman–Crippen LogP) is 3.22. The molecule has 19 heavy (non-hydrogen) atoms. The maximum atomic E-state index is 12.7. The van der Waals surface area contributed by atoms with E-state index in [1.807, 2.05) is 6.92 Å². The quantitative estimate of drug-likeness (QED) is 0.849. The number of nitrogens with two attached hydrogens (primary N) is 1. The van der Waals surface area contributed by atoms with Crippen molar-refractivity contribution in [2.75, 3.05) is 0 Å². The third-order valence-electron chi connectivity index (χ3n) is 4.95. The largest absolute Gasteiger partial charge is 0.335 e. The van der Waals surface area contributed by atoms with Crippen LogP contribution >= 0.6 is 0 Å². The smallest absolute Gasteiger partial charge is 0.239 e. The molecule has 2 fully saturated rings. The third kappa shape index (κ3) is 3.71. The number of nitrogens with zero attached hydrogens (tertiary/aromatic N) is 1. The Morgan fingerprint density at radius 2 is 1.42 bits per heavy atom. The SMILES string of the molecule is CC[C@@H](N)C(=O)N(C1CCCCC1)C1CCCCC1. The molecule has 1 amide bonds. The van der Waals surface area contributed by atoms with Crippen LogP contribution in [0, 0.1) is 0 Å². The van der Waals surface area contributed by atoms with E-state index in [1.54, 1.807) is 0 Å². The van der Waals surface area contributed by atoms with Gasteiger partial charge in [0, 0.05) is 12.1 Å². The van der Waals surface area contributed by atoms with Gasteiger partial charge in [-0.3, -0.25) is 4.79 Å². The summed E-state index contributed by atoms with van der Waals surface area (Å²) in [6.07, 6.45) is 13.3. The van der Waals surface area contributed by atoms with E-state index in [-0.39, 0.29) is 11.9 Å². The van der Waals surface area contributed by atoms with E-state index in [0.29, 0.717) is 12.1 Å². The molecule has 0 aromatic heterocycles. The van der Waals surface area contributed by atoms with Gasteiger partial charge in [0.05, 0.1) is 6.04 Å². The first-order valence-corrected chi connectivity index (χ1v) is 8.31. The monoisotopic (exact) mass is 266 g/mol. The average molecular weight is 266 g/mol. The standard InChI is InChI=1S/C16H30N2O/c1-2-15(17)16(19)18(13-9-5-3-6-10-13)14-11-7-4-8-12-14/h13-15H,2-12,17H2,1H3/t15-/m1/s1. The summed E-state index contributed by atoms with van der Waals surface area (Å²) in [6, 6.07) is 0.660. The highest BCUT2D eigenvalue weighted by Crippen LogP contribution is 2.30. The van der Waals surface area contributed by atoms with Gasteiger partial charge in [-0.1, -0.05) is 45.4 Å². The van der Waals surface area contributed by atoms with Crippen LogP contribution in [0.2, 0.25) is 0 Å². The van der Waals surface area contributed by atoms with Crippen molar-refractivity contribution in [2.45, 2.75) is 95.7 Å². The number of carbonyl (C=O) groups excluding carboxylic acids is 1. The fourth-order valence-corrected chi connectivity index (χ4v) is 3.74. The Morgan fingerprint density at radius 1 is 1.00 bits per heavy atom. The minimum atomic E-state index is -0.288. The minimum Gasteiger partial charge on any atom is -0.335 e. The van der Waals surface area contributed by atoms with Gasteiger partial charge in [0.25, 0.3) is 0 Å². The molecule has 0 bridgehead atoms. The van der Waals surface area contributed by atoms with Crippen molar-refractivity contribution in [2.24, 2.45) is 5.73 Å². The van der Waals surface area contributed by atoms with Gasteiger partial charge >= 0.3 is 0 Å². The lowest BCUT2D eigenvalue weighted by molar-refractivity contribution is -0.139. The molecule has 0 aromatic carbocycles. The van der Waals surface area contributed by atoms with Crippen molar-refractivity contribution in [3.8, 4) is 0 Å². The van der Waals surface area contributed by atoms with Gasteiger partial charge in [-0.05, 0) is 32.1 Å². The van der Waals surface area contributed by atoms with E-state index < -0.39 is 0 Å². The molecule has 3 nitrogen and oxygen atoms in total. The van der Waals surface area contributed by atoms with Crippen molar-refractivity contribution in [1.29, 1.82) is 0 Å². The van der Waals surface area contributed by atoms with Gasteiger partial charge in [-0.25, -0.2) is 0 Å². The number of hydrogen-bond donors (Lipinski definition) is 1. The highest BCUT2D eigenvalue weighted by molar-refractivity contribution is 5.82. The summed E-state index contributed by atoms with van der Waals surface area (Å²) in [4.78, 5) is 14.9. The van der Waals surface area contributed by atoms with Gasteiger partial charge in [0.15, 0.2) is 0 Å². The van der Waals surface area contributed by atoms with E-state index in [0.717, 1.165) is 6.42 Å². The molecule has 1 atom stereocenters. The molecule has 3 heteroatoms. The first-order valence-electron chi connectivity index (χ1n) is 8.31. The molecule has 110 valence electrons. The summed E-state index contributed by atoms with van der Waals surface area (Å²) in [7, 11) is 0. The predicted molar refractivity (Wildman–Crippen MR) is 78.9 cm³/mol. The topological polar surface area (TPSA) is 46.3 Å². The minimum absolute atomic E-state index is 0.223. The van der Waals surface area contributed by atoms with E-state index >= 15 is 0 Å². The second kappa shape index (κ2) is 7.28.